The Labute approximate surface area is 156 Å². The summed E-state index contributed by atoms with van der Waals surface area (Å²) < 4.78 is 17.8. The third-order valence-electron chi connectivity index (χ3n) is 4.50. The highest BCUT2D eigenvalue weighted by Crippen LogP contribution is 2.32. The average molecular weight is 368 g/mol. The Morgan fingerprint density at radius 1 is 1.19 bits per heavy atom. The second kappa shape index (κ2) is 6.79. The lowest BCUT2D eigenvalue weighted by Crippen LogP contribution is -2.24. The van der Waals surface area contributed by atoms with E-state index in [2.05, 4.69) is 15.6 Å². The van der Waals surface area contributed by atoms with Crippen molar-refractivity contribution >= 4 is 5.91 Å². The van der Waals surface area contributed by atoms with Gasteiger partial charge in [-0.15, -0.1) is 0 Å². The van der Waals surface area contributed by atoms with Crippen LogP contribution in [0.4, 0.5) is 0 Å². The minimum Gasteiger partial charge on any atom is -0.454 e. The number of fused-ring (bicyclic) bond motifs is 1. The summed E-state index contributed by atoms with van der Waals surface area (Å²) in [4.78, 5) is 12.6. The van der Waals surface area contributed by atoms with Gasteiger partial charge in [0.05, 0.1) is 12.2 Å². The van der Waals surface area contributed by atoms with E-state index in [1.54, 1.807) is 6.92 Å². The van der Waals surface area contributed by atoms with Crippen LogP contribution in [-0.4, -0.2) is 27.6 Å². The van der Waals surface area contributed by atoms with Gasteiger partial charge in [-0.1, -0.05) is 11.2 Å². The SMILES string of the molecule is Cc1cc(C)n(Cc2c(C(=O)NCc3ccc4c(c3)OCO4)noc2C)n1. The van der Waals surface area contributed by atoms with Crippen molar-refractivity contribution < 1.29 is 18.8 Å². The third-order valence-corrected chi connectivity index (χ3v) is 4.50. The molecule has 1 aliphatic heterocycles. The molecule has 0 bridgehead atoms. The van der Waals surface area contributed by atoms with Crippen molar-refractivity contribution in [2.24, 2.45) is 0 Å². The standard InChI is InChI=1S/C19H20N4O4/c1-11-6-12(2)23(21-11)9-15-13(3)27-22-18(15)19(24)20-8-14-4-5-16-17(7-14)26-10-25-16/h4-7H,8-10H2,1-3H3,(H,20,24). The van der Waals surface area contributed by atoms with Gasteiger partial charge in [0.2, 0.25) is 6.79 Å². The molecule has 0 saturated carbocycles. The number of hydrogen-bond acceptors (Lipinski definition) is 6. The van der Waals surface area contributed by atoms with Crippen molar-refractivity contribution in [2.75, 3.05) is 6.79 Å². The van der Waals surface area contributed by atoms with Gasteiger partial charge in [-0.2, -0.15) is 5.10 Å². The largest absolute Gasteiger partial charge is 0.454 e. The molecule has 4 rings (SSSR count). The van der Waals surface area contributed by atoms with Crippen molar-refractivity contribution in [2.45, 2.75) is 33.9 Å². The minimum absolute atomic E-state index is 0.221. The molecular weight excluding hydrogens is 348 g/mol. The van der Waals surface area contributed by atoms with E-state index in [4.69, 9.17) is 14.0 Å². The lowest BCUT2D eigenvalue weighted by Gasteiger charge is -2.07. The van der Waals surface area contributed by atoms with Crippen molar-refractivity contribution in [3.63, 3.8) is 0 Å². The van der Waals surface area contributed by atoms with Crippen LogP contribution in [-0.2, 0) is 13.1 Å². The molecular formula is C19H20N4O4. The zero-order valence-electron chi connectivity index (χ0n) is 15.4. The Morgan fingerprint density at radius 3 is 2.78 bits per heavy atom. The third kappa shape index (κ3) is 3.38. The van der Waals surface area contributed by atoms with Gasteiger partial charge in [0.1, 0.15) is 5.76 Å². The highest BCUT2D eigenvalue weighted by Gasteiger charge is 2.21. The second-order valence-electron chi connectivity index (χ2n) is 6.52. The second-order valence-corrected chi connectivity index (χ2v) is 6.52. The van der Waals surface area contributed by atoms with Crippen LogP contribution in [0.2, 0.25) is 0 Å². The van der Waals surface area contributed by atoms with Crippen molar-refractivity contribution in [3.8, 4) is 11.5 Å². The monoisotopic (exact) mass is 368 g/mol. The van der Waals surface area contributed by atoms with Crippen LogP contribution in [0.15, 0.2) is 28.8 Å². The molecule has 27 heavy (non-hydrogen) atoms. The molecule has 0 atom stereocenters. The molecule has 1 N–H and O–H groups in total. The van der Waals surface area contributed by atoms with E-state index in [-0.39, 0.29) is 18.4 Å². The van der Waals surface area contributed by atoms with E-state index >= 15 is 0 Å². The van der Waals surface area contributed by atoms with Crippen molar-refractivity contribution in [1.29, 1.82) is 0 Å². The number of aryl methyl sites for hydroxylation is 3. The summed E-state index contributed by atoms with van der Waals surface area (Å²) in [6.07, 6.45) is 0. The summed E-state index contributed by atoms with van der Waals surface area (Å²) in [5, 5.41) is 11.3. The van der Waals surface area contributed by atoms with Crippen LogP contribution in [0, 0.1) is 20.8 Å². The van der Waals surface area contributed by atoms with E-state index in [1.807, 2.05) is 42.8 Å². The molecule has 3 aromatic rings. The zero-order chi connectivity index (χ0) is 19.0. The van der Waals surface area contributed by atoms with Crippen LogP contribution >= 0.6 is 0 Å². The molecule has 8 heteroatoms. The zero-order valence-corrected chi connectivity index (χ0v) is 15.4. The maximum Gasteiger partial charge on any atom is 0.274 e. The predicted molar refractivity (Wildman–Crippen MR) is 95.8 cm³/mol. The number of benzene rings is 1. The lowest BCUT2D eigenvalue weighted by molar-refractivity contribution is 0.0940. The number of hydrogen-bond donors (Lipinski definition) is 1. The van der Waals surface area contributed by atoms with Gasteiger partial charge >= 0.3 is 0 Å². The van der Waals surface area contributed by atoms with Crippen LogP contribution < -0.4 is 14.8 Å². The van der Waals surface area contributed by atoms with Gasteiger partial charge in [-0.3, -0.25) is 9.48 Å². The summed E-state index contributed by atoms with van der Waals surface area (Å²) in [5.41, 5.74) is 3.85. The number of carbonyl (C=O) groups is 1. The molecule has 140 valence electrons. The maximum atomic E-state index is 12.6. The van der Waals surface area contributed by atoms with E-state index in [0.717, 1.165) is 22.5 Å². The van der Waals surface area contributed by atoms with Gasteiger partial charge in [0.15, 0.2) is 17.2 Å². The maximum absolute atomic E-state index is 12.6. The molecule has 0 spiro atoms. The Balaban J connectivity index is 1.48. The van der Waals surface area contributed by atoms with Gasteiger partial charge in [-0.25, -0.2) is 0 Å². The van der Waals surface area contributed by atoms with Crippen LogP contribution in [0.5, 0.6) is 11.5 Å². The normalized spacial score (nSPS) is 12.4. The van der Waals surface area contributed by atoms with E-state index in [9.17, 15) is 4.79 Å². The van der Waals surface area contributed by atoms with Crippen LogP contribution in [0.25, 0.3) is 0 Å². The number of amides is 1. The molecule has 0 saturated heterocycles. The molecule has 3 heterocycles. The first kappa shape index (κ1) is 17.1. The molecule has 0 aliphatic carbocycles. The van der Waals surface area contributed by atoms with Gasteiger partial charge < -0.3 is 19.3 Å². The average Bonchev–Trinajstić information content (AvgIpc) is 3.33. The predicted octanol–water partition coefficient (Wildman–Crippen LogP) is 2.50. The molecule has 1 aliphatic rings. The topological polar surface area (TPSA) is 91.4 Å². The van der Waals surface area contributed by atoms with Crippen molar-refractivity contribution in [1.82, 2.24) is 20.3 Å². The Morgan fingerprint density at radius 2 is 2.00 bits per heavy atom. The quantitative estimate of drug-likeness (QED) is 0.744. The minimum atomic E-state index is -0.291. The van der Waals surface area contributed by atoms with Crippen LogP contribution in [0.3, 0.4) is 0 Å². The van der Waals surface area contributed by atoms with Gasteiger partial charge in [0, 0.05) is 17.8 Å². The molecule has 0 radical (unpaired) electrons. The fourth-order valence-electron chi connectivity index (χ4n) is 3.06. The first-order valence-electron chi connectivity index (χ1n) is 8.64. The number of aromatic nitrogens is 3. The Hall–Kier alpha value is -3.29. The van der Waals surface area contributed by atoms with E-state index in [1.165, 1.54) is 0 Å². The van der Waals surface area contributed by atoms with Gasteiger partial charge in [-0.05, 0) is 44.5 Å². The smallest absolute Gasteiger partial charge is 0.274 e. The molecule has 8 nitrogen and oxygen atoms in total. The van der Waals surface area contributed by atoms with E-state index in [0.29, 0.717) is 30.3 Å². The number of carbonyl (C=O) groups excluding carboxylic acids is 1. The van der Waals surface area contributed by atoms with Crippen molar-refractivity contribution in [3.05, 3.63) is 58.2 Å². The first-order valence-corrected chi connectivity index (χ1v) is 8.64. The summed E-state index contributed by atoms with van der Waals surface area (Å²) in [5.74, 6) is 1.71. The fourth-order valence-corrected chi connectivity index (χ4v) is 3.06. The summed E-state index contributed by atoms with van der Waals surface area (Å²) in [7, 11) is 0. The summed E-state index contributed by atoms with van der Waals surface area (Å²) >= 11 is 0. The molecule has 1 aromatic carbocycles. The molecule has 1 amide bonds. The molecule has 0 unspecified atom stereocenters. The van der Waals surface area contributed by atoms with Crippen LogP contribution in [0.1, 0.15) is 38.8 Å². The number of nitrogens with one attached hydrogen (secondary N) is 1. The summed E-state index contributed by atoms with van der Waals surface area (Å²) in [6, 6.07) is 7.56. The lowest BCUT2D eigenvalue weighted by atomic mass is 10.1. The fraction of sp³-hybridized carbons (Fsp3) is 0.316. The highest BCUT2D eigenvalue weighted by atomic mass is 16.7. The number of rotatable bonds is 5. The summed E-state index contributed by atoms with van der Waals surface area (Å²) in [6.45, 7) is 6.70. The number of nitrogens with zero attached hydrogens (tertiary/aromatic N) is 3. The first-order chi connectivity index (χ1) is 13.0. The Kier molecular flexibility index (Phi) is 4.31. The Bertz CT molecular complexity index is 1010. The highest BCUT2D eigenvalue weighted by molar-refractivity contribution is 5.93. The van der Waals surface area contributed by atoms with Gasteiger partial charge in [0.25, 0.3) is 5.91 Å². The molecule has 0 fully saturated rings. The number of ether oxygens (including phenoxy) is 2. The van der Waals surface area contributed by atoms with E-state index < -0.39 is 0 Å². The molecule has 2 aromatic heterocycles.